The van der Waals surface area contributed by atoms with E-state index in [9.17, 15) is 9.90 Å². The summed E-state index contributed by atoms with van der Waals surface area (Å²) in [5.41, 5.74) is 4.32. The van der Waals surface area contributed by atoms with Gasteiger partial charge in [-0.05, 0) is 63.4 Å². The fraction of sp³-hybridized carbons (Fsp3) is 0.577. The first-order chi connectivity index (χ1) is 13.8. The number of phenols is 1. The first-order valence-electron chi connectivity index (χ1n) is 10.5. The molecule has 30 heavy (non-hydrogen) atoms. The average Bonchev–Trinajstić information content (AvgIpc) is 2.64. The highest BCUT2D eigenvalue weighted by Crippen LogP contribution is 2.49. The molecule has 0 atom stereocenters. The number of phenolic OH excluding ortho intramolecular Hbond substituents is 1. The summed E-state index contributed by atoms with van der Waals surface area (Å²) < 4.78 is 10.7. The minimum Gasteiger partial charge on any atom is -0.504 e. The summed E-state index contributed by atoms with van der Waals surface area (Å²) >= 11 is 0. The van der Waals surface area contributed by atoms with Gasteiger partial charge in [-0.25, -0.2) is 0 Å². The largest absolute Gasteiger partial charge is 0.504 e. The Morgan fingerprint density at radius 3 is 2.00 bits per heavy atom. The zero-order chi connectivity index (χ0) is 23.3. The second-order valence-corrected chi connectivity index (χ2v) is 9.91. The number of hydrogen-bond donors (Lipinski definition) is 1. The predicted molar refractivity (Wildman–Crippen MR) is 125 cm³/mol. The van der Waals surface area contributed by atoms with Crippen molar-refractivity contribution in [1.82, 2.24) is 0 Å². The Balaban J connectivity index is 3.28. The summed E-state index contributed by atoms with van der Waals surface area (Å²) in [4.78, 5) is 11.8. The van der Waals surface area contributed by atoms with Gasteiger partial charge in [0.25, 0.3) is 0 Å². The Kier molecular flexibility index (Phi) is 8.76. The first kappa shape index (κ1) is 25.8. The predicted octanol–water partition coefficient (Wildman–Crippen LogP) is 6.92. The number of benzene rings is 1. The van der Waals surface area contributed by atoms with Crippen LogP contribution in [0.1, 0.15) is 89.2 Å². The summed E-state index contributed by atoms with van der Waals surface area (Å²) in [6.45, 7) is 17.0. The van der Waals surface area contributed by atoms with Gasteiger partial charge in [-0.2, -0.15) is 0 Å². The van der Waals surface area contributed by atoms with Crippen molar-refractivity contribution < 1.29 is 19.4 Å². The molecular weight excluding hydrogens is 376 g/mol. The summed E-state index contributed by atoms with van der Waals surface area (Å²) in [6, 6.07) is 0. The molecule has 0 amide bonds. The second-order valence-electron chi connectivity index (χ2n) is 9.91. The normalized spacial score (nSPS) is 12.5. The fourth-order valence-corrected chi connectivity index (χ4v) is 4.10. The van der Waals surface area contributed by atoms with Gasteiger partial charge in [-0.3, -0.25) is 4.79 Å². The van der Waals surface area contributed by atoms with E-state index in [1.807, 2.05) is 6.92 Å². The highest BCUT2D eigenvalue weighted by atomic mass is 16.5. The molecule has 1 aromatic rings. The lowest BCUT2D eigenvalue weighted by molar-refractivity contribution is 0.111. The van der Waals surface area contributed by atoms with Gasteiger partial charge in [-0.1, -0.05) is 51.0 Å². The summed E-state index contributed by atoms with van der Waals surface area (Å²) in [5, 5.41) is 11.0. The van der Waals surface area contributed by atoms with Crippen molar-refractivity contribution in [3.8, 4) is 17.2 Å². The van der Waals surface area contributed by atoms with E-state index in [0.29, 0.717) is 5.56 Å². The Morgan fingerprint density at radius 1 is 0.967 bits per heavy atom. The molecule has 1 aromatic carbocycles. The standard InChI is InChI=1S/C26H40O4/c1-17(2)11-13-25(5,6)15-18(3)12-14-26(7,8)21-19(4)20(16-27)23(29-9)24(30-10)22(21)28/h11-12,16,28H,13-15H2,1-10H3. The van der Waals surface area contributed by atoms with Gasteiger partial charge >= 0.3 is 0 Å². The molecule has 0 aromatic heterocycles. The van der Waals surface area contributed by atoms with Gasteiger partial charge in [0.2, 0.25) is 5.75 Å². The summed E-state index contributed by atoms with van der Waals surface area (Å²) in [7, 11) is 2.94. The van der Waals surface area contributed by atoms with Crippen molar-refractivity contribution in [2.24, 2.45) is 5.41 Å². The third kappa shape index (κ3) is 6.13. The van der Waals surface area contributed by atoms with Crippen LogP contribution in [0.5, 0.6) is 17.2 Å². The SMILES string of the molecule is COc1c(O)c(C(C)(C)CC=C(C)CC(C)(C)CC=C(C)C)c(C)c(C=O)c1OC. The molecule has 1 N–H and O–H groups in total. The number of carbonyl (C=O) groups excluding carboxylic acids is 1. The van der Waals surface area contributed by atoms with Crippen molar-refractivity contribution in [3.63, 3.8) is 0 Å². The smallest absolute Gasteiger partial charge is 0.204 e. The number of rotatable bonds is 10. The molecular formula is C26H40O4. The molecule has 4 heteroatoms. The van der Waals surface area contributed by atoms with Crippen LogP contribution >= 0.6 is 0 Å². The van der Waals surface area contributed by atoms with E-state index in [0.717, 1.165) is 36.7 Å². The third-order valence-electron chi connectivity index (χ3n) is 5.67. The molecule has 4 nitrogen and oxygen atoms in total. The molecule has 0 aliphatic rings. The molecule has 0 bridgehead atoms. The van der Waals surface area contributed by atoms with Gasteiger partial charge in [0.05, 0.1) is 19.8 Å². The van der Waals surface area contributed by atoms with Gasteiger partial charge < -0.3 is 14.6 Å². The van der Waals surface area contributed by atoms with Gasteiger partial charge in [0.15, 0.2) is 17.8 Å². The van der Waals surface area contributed by atoms with Crippen molar-refractivity contribution in [2.75, 3.05) is 14.2 Å². The summed E-state index contributed by atoms with van der Waals surface area (Å²) in [6.07, 6.45) is 8.09. The van der Waals surface area contributed by atoms with Crippen LogP contribution in [0.4, 0.5) is 0 Å². The fourth-order valence-electron chi connectivity index (χ4n) is 4.10. The lowest BCUT2D eigenvalue weighted by Crippen LogP contribution is -2.20. The van der Waals surface area contributed by atoms with Gasteiger partial charge in [0.1, 0.15) is 0 Å². The number of methoxy groups -OCH3 is 2. The van der Waals surface area contributed by atoms with E-state index >= 15 is 0 Å². The number of carbonyl (C=O) groups is 1. The van der Waals surface area contributed by atoms with E-state index in [2.05, 4.69) is 60.6 Å². The molecule has 0 radical (unpaired) electrons. The number of ether oxygens (including phenoxy) is 2. The first-order valence-corrected chi connectivity index (χ1v) is 10.5. The average molecular weight is 417 g/mol. The third-order valence-corrected chi connectivity index (χ3v) is 5.67. The molecule has 0 aliphatic heterocycles. The zero-order valence-electron chi connectivity index (χ0n) is 20.5. The minimum atomic E-state index is -0.392. The Labute approximate surface area is 183 Å². The van der Waals surface area contributed by atoms with Crippen molar-refractivity contribution in [1.29, 1.82) is 0 Å². The molecule has 0 fully saturated rings. The lowest BCUT2D eigenvalue weighted by Gasteiger charge is -2.30. The highest BCUT2D eigenvalue weighted by molar-refractivity contribution is 5.86. The molecule has 1 rings (SSSR count). The quantitative estimate of drug-likeness (QED) is 0.332. The van der Waals surface area contributed by atoms with E-state index in [1.54, 1.807) is 0 Å². The Hall–Kier alpha value is -2.23. The maximum absolute atomic E-state index is 11.8. The molecule has 0 aliphatic carbocycles. The lowest BCUT2D eigenvalue weighted by atomic mass is 9.76. The van der Waals surface area contributed by atoms with E-state index in [1.165, 1.54) is 25.4 Å². The van der Waals surface area contributed by atoms with Gasteiger partial charge in [0, 0.05) is 5.56 Å². The maximum Gasteiger partial charge on any atom is 0.204 e. The van der Waals surface area contributed by atoms with Crippen LogP contribution in [0.15, 0.2) is 23.3 Å². The monoisotopic (exact) mass is 416 g/mol. The number of aldehydes is 1. The van der Waals surface area contributed by atoms with E-state index in [4.69, 9.17) is 9.47 Å². The second kappa shape index (κ2) is 10.2. The van der Waals surface area contributed by atoms with Gasteiger partial charge in [-0.15, -0.1) is 0 Å². The zero-order valence-corrected chi connectivity index (χ0v) is 20.5. The Morgan fingerprint density at radius 2 is 1.53 bits per heavy atom. The van der Waals surface area contributed by atoms with Crippen LogP contribution in [0.2, 0.25) is 0 Å². The van der Waals surface area contributed by atoms with E-state index < -0.39 is 5.41 Å². The number of hydrogen-bond acceptors (Lipinski definition) is 4. The molecule has 0 spiro atoms. The number of allylic oxidation sites excluding steroid dienone is 4. The van der Waals surface area contributed by atoms with Crippen LogP contribution in [0.3, 0.4) is 0 Å². The number of aromatic hydroxyl groups is 1. The minimum absolute atomic E-state index is 0.0393. The molecule has 0 heterocycles. The highest BCUT2D eigenvalue weighted by Gasteiger charge is 2.32. The molecule has 0 unspecified atom stereocenters. The van der Waals surface area contributed by atoms with Crippen LogP contribution < -0.4 is 9.47 Å². The van der Waals surface area contributed by atoms with Crippen LogP contribution in [0.25, 0.3) is 0 Å². The van der Waals surface area contributed by atoms with Crippen molar-refractivity contribution in [3.05, 3.63) is 40.0 Å². The van der Waals surface area contributed by atoms with Crippen molar-refractivity contribution >= 4 is 6.29 Å². The molecule has 168 valence electrons. The summed E-state index contributed by atoms with van der Waals surface area (Å²) in [5.74, 6) is 0.518. The maximum atomic E-state index is 11.8. The molecule has 0 saturated heterocycles. The topological polar surface area (TPSA) is 55.8 Å². The van der Waals surface area contributed by atoms with Crippen LogP contribution in [-0.4, -0.2) is 25.6 Å². The van der Waals surface area contributed by atoms with Crippen LogP contribution in [0, 0.1) is 12.3 Å². The Bertz CT molecular complexity index is 822. The van der Waals surface area contributed by atoms with Crippen molar-refractivity contribution in [2.45, 2.75) is 80.1 Å². The molecule has 0 saturated carbocycles. The van der Waals surface area contributed by atoms with E-state index in [-0.39, 0.29) is 22.7 Å². The van der Waals surface area contributed by atoms with Crippen LogP contribution in [-0.2, 0) is 5.41 Å².